The van der Waals surface area contributed by atoms with Crippen molar-refractivity contribution in [3.8, 4) is 44.5 Å². The molecule has 1 saturated carbocycles. The van der Waals surface area contributed by atoms with Crippen molar-refractivity contribution in [3.05, 3.63) is 235 Å². The maximum atomic E-state index is 2.50. The lowest BCUT2D eigenvalue weighted by molar-refractivity contribution is 0.550. The minimum absolute atomic E-state index is 0.0463. The minimum atomic E-state index is 0.0463. The van der Waals surface area contributed by atoms with Crippen LogP contribution in [0.3, 0.4) is 0 Å². The summed E-state index contributed by atoms with van der Waals surface area (Å²) in [5.74, 6) is 0. The number of para-hydroxylation sites is 2. The zero-order valence-corrected chi connectivity index (χ0v) is 33.6. The van der Waals surface area contributed by atoms with Crippen LogP contribution in [0.15, 0.2) is 212 Å². The summed E-state index contributed by atoms with van der Waals surface area (Å²) in [4.78, 5) is 2.40. The van der Waals surface area contributed by atoms with Crippen molar-refractivity contribution in [2.45, 2.75) is 31.1 Å². The number of hydrogen-bond acceptors (Lipinski definition) is 1. The maximum absolute atomic E-state index is 2.50. The lowest BCUT2D eigenvalue weighted by Crippen LogP contribution is -2.21. The number of nitrogens with zero attached hydrogens (tertiary/aromatic N) is 1. The van der Waals surface area contributed by atoms with E-state index >= 15 is 0 Å². The molecule has 0 saturated heterocycles. The Morgan fingerprint density at radius 3 is 1.38 bits per heavy atom. The molecule has 0 N–H and O–H groups in total. The Morgan fingerprint density at radius 1 is 0.333 bits per heavy atom. The predicted molar refractivity (Wildman–Crippen MR) is 255 cm³/mol. The summed E-state index contributed by atoms with van der Waals surface area (Å²) in [6, 6.07) is 78.0. The van der Waals surface area contributed by atoms with Crippen LogP contribution in [0.2, 0.25) is 0 Å². The van der Waals surface area contributed by atoms with Gasteiger partial charge in [0.05, 0.1) is 0 Å². The smallest absolute Gasteiger partial charge is 0.0465 e. The van der Waals surface area contributed by atoms with Gasteiger partial charge >= 0.3 is 0 Å². The third-order valence-corrected chi connectivity index (χ3v) is 13.0. The number of fused-ring (bicyclic) bond motifs is 6. The van der Waals surface area contributed by atoms with Crippen LogP contribution in [0.1, 0.15) is 47.9 Å². The van der Waals surface area contributed by atoms with Crippen molar-refractivity contribution in [1.29, 1.82) is 0 Å². The molecule has 11 rings (SSSR count). The Balaban J connectivity index is 0.898. The first kappa shape index (κ1) is 35.9. The van der Waals surface area contributed by atoms with E-state index < -0.39 is 0 Å². The number of benzene rings is 9. The number of anilines is 3. The largest absolute Gasteiger partial charge is 0.310 e. The second-order valence-corrected chi connectivity index (χ2v) is 16.5. The fourth-order valence-corrected chi connectivity index (χ4v) is 10.0. The Labute approximate surface area is 353 Å². The van der Waals surface area contributed by atoms with Gasteiger partial charge in [-0.05, 0) is 139 Å². The van der Waals surface area contributed by atoms with Gasteiger partial charge in [0.25, 0.3) is 0 Å². The van der Waals surface area contributed by atoms with Gasteiger partial charge in [0.15, 0.2) is 0 Å². The Morgan fingerprint density at radius 2 is 0.783 bits per heavy atom. The van der Waals surface area contributed by atoms with Crippen LogP contribution in [0, 0.1) is 0 Å². The topological polar surface area (TPSA) is 3.24 Å². The Hall–Kier alpha value is -7.22. The van der Waals surface area contributed by atoms with E-state index in [0.29, 0.717) is 0 Å². The molecule has 1 spiro atoms. The molecule has 2 aliphatic carbocycles. The average Bonchev–Trinajstić information content (AvgIpc) is 3.92. The molecule has 1 nitrogen and oxygen atoms in total. The Kier molecular flexibility index (Phi) is 9.09. The molecule has 1 heteroatoms. The van der Waals surface area contributed by atoms with Crippen LogP contribution in [0.25, 0.3) is 67.4 Å². The molecule has 1 fully saturated rings. The summed E-state index contributed by atoms with van der Waals surface area (Å²) in [6.45, 7) is 0. The molecule has 0 aromatic heterocycles. The summed E-state index contributed by atoms with van der Waals surface area (Å²) >= 11 is 0. The normalized spacial score (nSPS) is 13.8. The first-order chi connectivity index (χ1) is 29.7. The second-order valence-electron chi connectivity index (χ2n) is 16.5. The first-order valence-corrected chi connectivity index (χ1v) is 21.4. The van der Waals surface area contributed by atoms with Crippen LogP contribution in [0.5, 0.6) is 0 Å². The lowest BCUT2D eigenvalue weighted by Gasteiger charge is -2.30. The molecular formula is C59H45N. The van der Waals surface area contributed by atoms with Crippen molar-refractivity contribution >= 4 is 40.0 Å². The van der Waals surface area contributed by atoms with E-state index in [1.54, 1.807) is 0 Å². The summed E-state index contributed by atoms with van der Waals surface area (Å²) in [6.07, 6.45) is 9.47. The monoisotopic (exact) mass is 767 g/mol. The van der Waals surface area contributed by atoms with Crippen molar-refractivity contribution in [2.75, 3.05) is 4.90 Å². The molecule has 9 aromatic carbocycles. The van der Waals surface area contributed by atoms with Crippen LogP contribution < -0.4 is 4.90 Å². The molecule has 0 atom stereocenters. The molecule has 0 bridgehead atoms. The van der Waals surface area contributed by atoms with E-state index in [-0.39, 0.29) is 5.41 Å². The van der Waals surface area contributed by atoms with Crippen molar-refractivity contribution in [1.82, 2.24) is 0 Å². The van der Waals surface area contributed by atoms with Gasteiger partial charge in [-0.15, -0.1) is 0 Å². The fourth-order valence-electron chi connectivity index (χ4n) is 10.0. The third kappa shape index (κ3) is 6.44. The number of hydrogen-bond donors (Lipinski definition) is 0. The molecule has 0 radical (unpaired) electrons. The van der Waals surface area contributed by atoms with Crippen LogP contribution in [-0.2, 0) is 5.41 Å². The van der Waals surface area contributed by atoms with Gasteiger partial charge in [0, 0.05) is 22.5 Å². The highest BCUT2D eigenvalue weighted by atomic mass is 15.1. The zero-order chi connectivity index (χ0) is 39.9. The third-order valence-electron chi connectivity index (χ3n) is 13.0. The molecule has 2 aliphatic rings. The van der Waals surface area contributed by atoms with Gasteiger partial charge < -0.3 is 4.90 Å². The van der Waals surface area contributed by atoms with Crippen LogP contribution >= 0.6 is 0 Å². The molecule has 286 valence electrons. The summed E-state index contributed by atoms with van der Waals surface area (Å²) in [7, 11) is 0. The van der Waals surface area contributed by atoms with E-state index in [0.717, 1.165) is 0 Å². The molecular weight excluding hydrogens is 723 g/mol. The zero-order valence-electron chi connectivity index (χ0n) is 33.6. The highest BCUT2D eigenvalue weighted by molar-refractivity contribution is 5.97. The predicted octanol–water partition coefficient (Wildman–Crippen LogP) is 16.3. The van der Waals surface area contributed by atoms with Crippen molar-refractivity contribution < 1.29 is 0 Å². The number of rotatable bonds is 8. The molecule has 0 heterocycles. The second kappa shape index (κ2) is 15.2. The Bertz CT molecular complexity index is 2950. The maximum Gasteiger partial charge on any atom is 0.0465 e. The summed E-state index contributed by atoms with van der Waals surface area (Å²) in [5.41, 5.74) is 19.2. The fraction of sp³-hybridized carbons (Fsp3) is 0.0847. The van der Waals surface area contributed by atoms with E-state index in [1.807, 2.05) is 0 Å². The van der Waals surface area contributed by atoms with Gasteiger partial charge in [0.2, 0.25) is 0 Å². The molecule has 0 aliphatic heterocycles. The molecule has 0 unspecified atom stereocenters. The standard InChI is InChI=1S/C59H45N/c1-4-14-44(15-5-1)45-29-31-47(32-30-45)56-40-49-17-11-10-16-48(49)39-55(56)46-27-24-42(25-28-46)22-23-43-26-34-53-54-35-33-52(41-58(54)59(57(53)38-43)36-12-13-37-59)60(50-18-6-2-7-19-50)51-20-8-3-9-21-51/h1-11,14-35,38-41H,12-13,36-37H2/b23-22+. The highest BCUT2D eigenvalue weighted by Crippen LogP contribution is 2.58. The van der Waals surface area contributed by atoms with Gasteiger partial charge in [-0.3, -0.25) is 0 Å². The van der Waals surface area contributed by atoms with Gasteiger partial charge in [-0.1, -0.05) is 189 Å². The summed E-state index contributed by atoms with van der Waals surface area (Å²) < 4.78 is 0. The molecule has 9 aromatic rings. The van der Waals surface area contributed by atoms with E-state index in [9.17, 15) is 0 Å². The van der Waals surface area contributed by atoms with Gasteiger partial charge in [-0.2, -0.15) is 0 Å². The van der Waals surface area contributed by atoms with Gasteiger partial charge in [-0.25, -0.2) is 0 Å². The molecule has 60 heavy (non-hydrogen) atoms. The molecule has 0 amide bonds. The van der Waals surface area contributed by atoms with E-state index in [1.165, 1.54) is 120 Å². The van der Waals surface area contributed by atoms with Crippen LogP contribution in [-0.4, -0.2) is 0 Å². The quantitative estimate of drug-likeness (QED) is 0.139. The highest BCUT2D eigenvalue weighted by Gasteiger charge is 2.45. The van der Waals surface area contributed by atoms with Crippen molar-refractivity contribution in [2.24, 2.45) is 0 Å². The first-order valence-electron chi connectivity index (χ1n) is 21.4. The van der Waals surface area contributed by atoms with Crippen LogP contribution in [0.4, 0.5) is 17.1 Å². The summed E-state index contributed by atoms with van der Waals surface area (Å²) in [5, 5.41) is 2.50. The van der Waals surface area contributed by atoms with E-state index in [2.05, 4.69) is 229 Å². The van der Waals surface area contributed by atoms with Gasteiger partial charge in [0.1, 0.15) is 0 Å². The SMILES string of the molecule is C(=C\c1ccc2c(c1)C1(CCCC1)c1cc(N(c3ccccc3)c3ccccc3)ccc1-2)/c1ccc(-c2cc3ccccc3cc2-c2ccc(-c3ccccc3)cc2)cc1. The van der Waals surface area contributed by atoms with E-state index in [4.69, 9.17) is 0 Å². The lowest BCUT2D eigenvalue weighted by atomic mass is 9.76. The minimum Gasteiger partial charge on any atom is -0.310 e. The average molecular weight is 768 g/mol. The van der Waals surface area contributed by atoms with Crippen molar-refractivity contribution in [3.63, 3.8) is 0 Å².